The summed E-state index contributed by atoms with van der Waals surface area (Å²) in [6, 6.07) is 14.7. The van der Waals surface area contributed by atoms with Gasteiger partial charge in [0.15, 0.2) is 0 Å². The molecule has 3 rings (SSSR count). The Morgan fingerprint density at radius 1 is 1.09 bits per heavy atom. The molecule has 0 N–H and O–H groups in total. The molecule has 114 valence electrons. The van der Waals surface area contributed by atoms with E-state index in [0.717, 1.165) is 29.7 Å². The molecular weight excluding hydrogens is 270 g/mol. The molecule has 1 amide bonds. The highest BCUT2D eigenvalue weighted by Gasteiger charge is 2.28. The Morgan fingerprint density at radius 3 is 2.45 bits per heavy atom. The van der Waals surface area contributed by atoms with Crippen molar-refractivity contribution in [2.24, 2.45) is 0 Å². The van der Waals surface area contributed by atoms with Crippen LogP contribution in [-0.2, 0) is 13.0 Å². The van der Waals surface area contributed by atoms with Crippen LogP contribution in [0, 0.1) is 0 Å². The number of benzene rings is 2. The Labute approximate surface area is 132 Å². The number of fused-ring (bicyclic) bond motifs is 1. The zero-order valence-electron chi connectivity index (χ0n) is 13.6. The van der Waals surface area contributed by atoms with Crippen molar-refractivity contribution >= 4 is 11.6 Å². The van der Waals surface area contributed by atoms with Crippen LogP contribution in [0.15, 0.2) is 42.5 Å². The molecule has 0 spiro atoms. The predicted molar refractivity (Wildman–Crippen MR) is 91.5 cm³/mol. The van der Waals surface area contributed by atoms with E-state index >= 15 is 0 Å². The van der Waals surface area contributed by atoms with Crippen molar-refractivity contribution in [2.75, 3.05) is 4.90 Å². The van der Waals surface area contributed by atoms with Crippen LogP contribution >= 0.6 is 0 Å². The lowest BCUT2D eigenvalue weighted by molar-refractivity contribution is 0.0996. The normalized spacial score (nSPS) is 13.8. The van der Waals surface area contributed by atoms with Crippen LogP contribution in [-0.4, -0.2) is 5.91 Å². The minimum atomic E-state index is 0.130. The maximum absolute atomic E-state index is 12.7. The Bertz CT molecular complexity index is 685. The molecule has 2 heteroatoms. The van der Waals surface area contributed by atoms with Crippen molar-refractivity contribution in [2.45, 2.75) is 46.1 Å². The van der Waals surface area contributed by atoms with Crippen LogP contribution in [0.25, 0.3) is 0 Å². The first-order valence-corrected chi connectivity index (χ1v) is 8.13. The van der Waals surface area contributed by atoms with Gasteiger partial charge in [-0.3, -0.25) is 4.79 Å². The van der Waals surface area contributed by atoms with Gasteiger partial charge in [0.05, 0.1) is 6.54 Å². The summed E-state index contributed by atoms with van der Waals surface area (Å²) in [5.74, 6) is 0.641. The molecule has 22 heavy (non-hydrogen) atoms. The van der Waals surface area contributed by atoms with Gasteiger partial charge in [-0.25, -0.2) is 0 Å². The molecule has 0 fully saturated rings. The molecule has 0 radical (unpaired) electrons. The summed E-state index contributed by atoms with van der Waals surface area (Å²) in [6.45, 7) is 7.21. The molecule has 0 aliphatic carbocycles. The predicted octanol–water partition coefficient (Wildman–Crippen LogP) is 4.92. The van der Waals surface area contributed by atoms with Crippen molar-refractivity contribution in [3.05, 3.63) is 64.7 Å². The maximum atomic E-state index is 12.7. The highest BCUT2D eigenvalue weighted by molar-refractivity contribution is 6.10. The number of rotatable bonds is 4. The van der Waals surface area contributed by atoms with Gasteiger partial charge in [-0.15, -0.1) is 0 Å². The second-order valence-electron chi connectivity index (χ2n) is 6.38. The monoisotopic (exact) mass is 293 g/mol. The molecule has 0 bridgehead atoms. The van der Waals surface area contributed by atoms with Crippen molar-refractivity contribution < 1.29 is 4.79 Å². The Hall–Kier alpha value is -2.09. The van der Waals surface area contributed by atoms with Crippen molar-refractivity contribution in [1.82, 2.24) is 0 Å². The van der Waals surface area contributed by atoms with Crippen molar-refractivity contribution in [3.63, 3.8) is 0 Å². The summed E-state index contributed by atoms with van der Waals surface area (Å²) in [4.78, 5) is 14.6. The van der Waals surface area contributed by atoms with Gasteiger partial charge in [-0.1, -0.05) is 51.5 Å². The quantitative estimate of drug-likeness (QED) is 0.783. The molecule has 0 atom stereocenters. The second kappa shape index (κ2) is 5.96. The van der Waals surface area contributed by atoms with Crippen molar-refractivity contribution in [3.8, 4) is 0 Å². The third-order valence-corrected chi connectivity index (χ3v) is 4.39. The zero-order chi connectivity index (χ0) is 15.7. The first-order valence-electron chi connectivity index (χ1n) is 8.13. The molecule has 0 saturated carbocycles. The van der Waals surface area contributed by atoms with Crippen LogP contribution in [0.3, 0.4) is 0 Å². The third-order valence-electron chi connectivity index (χ3n) is 4.39. The lowest BCUT2D eigenvalue weighted by atomic mass is 10.0. The number of nitrogens with zero attached hydrogens (tertiary/aromatic N) is 1. The molecular formula is C20H23NO. The van der Waals surface area contributed by atoms with Gasteiger partial charge in [-0.2, -0.15) is 0 Å². The summed E-state index contributed by atoms with van der Waals surface area (Å²) in [6.07, 6.45) is 2.14. The maximum Gasteiger partial charge on any atom is 0.258 e. The van der Waals surface area contributed by atoms with Gasteiger partial charge in [0.1, 0.15) is 0 Å². The SMILES string of the molecule is CCCc1ccc2c(c1)C(=O)N(c1ccc(C(C)C)cc1)C2. The molecule has 0 saturated heterocycles. The number of hydrogen-bond donors (Lipinski definition) is 0. The molecule has 1 heterocycles. The van der Waals surface area contributed by atoms with E-state index in [4.69, 9.17) is 0 Å². The second-order valence-corrected chi connectivity index (χ2v) is 6.38. The minimum absolute atomic E-state index is 0.130. The van der Waals surface area contributed by atoms with Crippen molar-refractivity contribution in [1.29, 1.82) is 0 Å². The van der Waals surface area contributed by atoms with E-state index in [-0.39, 0.29) is 5.91 Å². The minimum Gasteiger partial charge on any atom is -0.304 e. The fraction of sp³-hybridized carbons (Fsp3) is 0.350. The van der Waals surface area contributed by atoms with Crippen LogP contribution in [0.4, 0.5) is 5.69 Å². The summed E-state index contributed by atoms with van der Waals surface area (Å²) in [7, 11) is 0. The van der Waals surface area contributed by atoms with Gasteiger partial charge in [0, 0.05) is 11.3 Å². The number of amides is 1. The van der Waals surface area contributed by atoms with E-state index in [1.165, 1.54) is 11.1 Å². The van der Waals surface area contributed by atoms with Crippen LogP contribution < -0.4 is 4.90 Å². The summed E-state index contributed by atoms with van der Waals surface area (Å²) in [5.41, 5.74) is 5.56. The largest absolute Gasteiger partial charge is 0.304 e. The molecule has 1 aliphatic heterocycles. The molecule has 0 unspecified atom stereocenters. The number of hydrogen-bond acceptors (Lipinski definition) is 1. The summed E-state index contributed by atoms with van der Waals surface area (Å²) in [5, 5.41) is 0. The van der Waals surface area contributed by atoms with E-state index in [2.05, 4.69) is 63.2 Å². The summed E-state index contributed by atoms with van der Waals surface area (Å²) >= 11 is 0. The van der Waals surface area contributed by atoms with Gasteiger partial charge < -0.3 is 4.90 Å². The Balaban J connectivity index is 1.87. The fourth-order valence-electron chi connectivity index (χ4n) is 3.04. The van der Waals surface area contributed by atoms with Gasteiger partial charge in [0.25, 0.3) is 5.91 Å². The first-order chi connectivity index (χ1) is 10.6. The molecule has 2 aromatic rings. The van der Waals surface area contributed by atoms with E-state index in [9.17, 15) is 4.79 Å². The molecule has 1 aliphatic rings. The fourth-order valence-corrected chi connectivity index (χ4v) is 3.04. The van der Waals surface area contributed by atoms with Crippen LogP contribution in [0.2, 0.25) is 0 Å². The molecule has 0 aromatic heterocycles. The van der Waals surface area contributed by atoms with Gasteiger partial charge in [0.2, 0.25) is 0 Å². The van der Waals surface area contributed by atoms with Gasteiger partial charge in [-0.05, 0) is 47.2 Å². The number of carbonyl (C=O) groups excluding carboxylic acids is 1. The highest BCUT2D eigenvalue weighted by atomic mass is 16.2. The molecule has 2 nitrogen and oxygen atoms in total. The topological polar surface area (TPSA) is 20.3 Å². The number of aryl methyl sites for hydroxylation is 1. The summed E-state index contributed by atoms with van der Waals surface area (Å²) < 4.78 is 0. The third kappa shape index (κ3) is 2.66. The van der Waals surface area contributed by atoms with E-state index in [0.29, 0.717) is 12.5 Å². The lowest BCUT2D eigenvalue weighted by Gasteiger charge is -2.16. The van der Waals surface area contributed by atoms with Gasteiger partial charge >= 0.3 is 0 Å². The van der Waals surface area contributed by atoms with Crippen LogP contribution in [0.5, 0.6) is 0 Å². The average molecular weight is 293 g/mol. The standard InChI is InChI=1S/C20H23NO/c1-4-5-15-6-7-17-13-21(20(22)19(17)12-15)18-10-8-16(9-11-18)14(2)3/h6-12,14H,4-5,13H2,1-3H3. The zero-order valence-corrected chi connectivity index (χ0v) is 13.6. The first kappa shape index (κ1) is 14.8. The van der Waals surface area contributed by atoms with E-state index in [1.54, 1.807) is 0 Å². The van der Waals surface area contributed by atoms with Crippen LogP contribution in [0.1, 0.15) is 60.2 Å². The Morgan fingerprint density at radius 2 is 1.82 bits per heavy atom. The Kier molecular flexibility index (Phi) is 4.02. The lowest BCUT2D eigenvalue weighted by Crippen LogP contribution is -2.22. The van der Waals surface area contributed by atoms with E-state index in [1.807, 2.05) is 4.90 Å². The highest BCUT2D eigenvalue weighted by Crippen LogP contribution is 2.30. The number of carbonyl (C=O) groups is 1. The average Bonchev–Trinajstić information content (AvgIpc) is 2.85. The smallest absolute Gasteiger partial charge is 0.258 e. The van der Waals surface area contributed by atoms with E-state index < -0.39 is 0 Å². The number of anilines is 1. The molecule has 2 aromatic carbocycles.